The van der Waals surface area contributed by atoms with Gasteiger partial charge in [-0.25, -0.2) is 4.39 Å². The molecule has 0 radical (unpaired) electrons. The zero-order valence-electron chi connectivity index (χ0n) is 10.7. The monoisotopic (exact) mass is 278 g/mol. The van der Waals surface area contributed by atoms with Crippen LogP contribution in [0.15, 0.2) is 41.6 Å². The Hall–Kier alpha value is -1.62. The molecule has 0 unspecified atom stereocenters. The van der Waals surface area contributed by atoms with E-state index < -0.39 is 0 Å². The summed E-state index contributed by atoms with van der Waals surface area (Å²) >= 11 is 1.21. The highest BCUT2D eigenvalue weighted by atomic mass is 32.2. The molecule has 1 heterocycles. The summed E-state index contributed by atoms with van der Waals surface area (Å²) in [7, 11) is 0. The molecule has 1 aromatic heterocycles. The molecule has 0 fully saturated rings. The maximum Gasteiger partial charge on any atom is 0.176 e. The summed E-state index contributed by atoms with van der Waals surface area (Å²) in [4.78, 5) is 12.4. The van der Waals surface area contributed by atoms with Gasteiger partial charge in [0.25, 0.3) is 0 Å². The van der Waals surface area contributed by atoms with Crippen LogP contribution in [-0.2, 0) is 6.54 Å². The smallest absolute Gasteiger partial charge is 0.176 e. The van der Waals surface area contributed by atoms with Crippen molar-refractivity contribution in [3.63, 3.8) is 0 Å². The fourth-order valence-corrected chi connectivity index (χ4v) is 2.48. The van der Waals surface area contributed by atoms with Crippen LogP contribution in [0.25, 0.3) is 0 Å². The molecule has 2 rings (SSSR count). The van der Waals surface area contributed by atoms with Gasteiger partial charge in [0.15, 0.2) is 5.78 Å². The van der Waals surface area contributed by atoms with Crippen LogP contribution in [0.1, 0.15) is 23.7 Å². The lowest BCUT2D eigenvalue weighted by atomic mass is 10.3. The van der Waals surface area contributed by atoms with Gasteiger partial charge in [0, 0.05) is 17.6 Å². The fourth-order valence-electron chi connectivity index (χ4n) is 1.65. The topological polar surface area (TPSA) is 34.9 Å². The van der Waals surface area contributed by atoms with Crippen molar-refractivity contribution in [3.8, 4) is 0 Å². The molecule has 0 amide bonds. The first kappa shape index (κ1) is 13.8. The maximum absolute atomic E-state index is 13.4. The van der Waals surface area contributed by atoms with Crippen molar-refractivity contribution in [2.75, 3.05) is 5.75 Å². The summed E-state index contributed by atoms with van der Waals surface area (Å²) in [5.74, 6) is -0.101. The van der Waals surface area contributed by atoms with Crippen LogP contribution >= 0.6 is 11.8 Å². The Labute approximate surface area is 115 Å². The van der Waals surface area contributed by atoms with Crippen molar-refractivity contribution < 1.29 is 9.18 Å². The molecule has 0 bridgehead atoms. The quantitative estimate of drug-likeness (QED) is 0.600. The van der Waals surface area contributed by atoms with E-state index in [4.69, 9.17) is 0 Å². The van der Waals surface area contributed by atoms with Crippen molar-refractivity contribution in [2.24, 2.45) is 0 Å². The number of rotatable bonds is 6. The molecule has 5 heteroatoms. The summed E-state index contributed by atoms with van der Waals surface area (Å²) in [6.07, 6.45) is 4.28. The van der Waals surface area contributed by atoms with Gasteiger partial charge >= 0.3 is 0 Å². The highest BCUT2D eigenvalue weighted by Gasteiger charge is 2.10. The molecule has 0 atom stereocenters. The summed E-state index contributed by atoms with van der Waals surface area (Å²) in [6, 6.07) is 6.46. The first-order valence-corrected chi connectivity index (χ1v) is 7.12. The molecule has 0 saturated heterocycles. The Morgan fingerprint density at radius 1 is 1.42 bits per heavy atom. The second-order valence-corrected chi connectivity index (χ2v) is 5.15. The lowest BCUT2D eigenvalue weighted by molar-refractivity contribution is 0.102. The van der Waals surface area contributed by atoms with E-state index in [0.29, 0.717) is 10.5 Å². The van der Waals surface area contributed by atoms with E-state index in [1.165, 1.54) is 17.8 Å². The maximum atomic E-state index is 13.4. The molecule has 0 N–H and O–H groups in total. The van der Waals surface area contributed by atoms with Gasteiger partial charge in [-0.1, -0.05) is 19.1 Å². The molecule has 3 nitrogen and oxygen atoms in total. The summed E-state index contributed by atoms with van der Waals surface area (Å²) in [5.41, 5.74) is 0.581. The van der Waals surface area contributed by atoms with Gasteiger partial charge in [0.2, 0.25) is 0 Å². The number of aryl methyl sites for hydroxylation is 1. The number of ketones is 1. The van der Waals surface area contributed by atoms with E-state index in [-0.39, 0.29) is 17.4 Å². The molecule has 2 aromatic rings. The van der Waals surface area contributed by atoms with Gasteiger partial charge in [-0.05, 0) is 18.6 Å². The van der Waals surface area contributed by atoms with Crippen molar-refractivity contribution in [3.05, 3.63) is 48.0 Å². The van der Waals surface area contributed by atoms with Gasteiger partial charge in [-0.3, -0.25) is 9.48 Å². The highest BCUT2D eigenvalue weighted by Crippen LogP contribution is 2.22. The van der Waals surface area contributed by atoms with Crippen LogP contribution in [0.4, 0.5) is 4.39 Å². The number of hydrogen-bond acceptors (Lipinski definition) is 3. The number of aromatic nitrogens is 2. The number of carbonyl (C=O) groups is 1. The third kappa shape index (κ3) is 3.67. The third-order valence-electron chi connectivity index (χ3n) is 2.60. The van der Waals surface area contributed by atoms with Gasteiger partial charge in [0.05, 0.1) is 17.5 Å². The van der Waals surface area contributed by atoms with E-state index in [1.54, 1.807) is 35.3 Å². The van der Waals surface area contributed by atoms with Gasteiger partial charge in [-0.15, -0.1) is 11.8 Å². The number of nitrogens with zero attached hydrogens (tertiary/aromatic N) is 2. The summed E-state index contributed by atoms with van der Waals surface area (Å²) in [6.45, 7) is 2.85. The standard InChI is InChI=1S/C14H15FN2OS/c1-2-7-17-9-11(8-16-17)13(18)10-19-14-6-4-3-5-12(14)15/h3-6,8-9H,2,7,10H2,1H3. The minimum Gasteiger partial charge on any atom is -0.293 e. The Morgan fingerprint density at radius 2 is 2.21 bits per heavy atom. The average Bonchev–Trinajstić information content (AvgIpc) is 2.87. The molecule has 100 valence electrons. The number of halogens is 1. The zero-order chi connectivity index (χ0) is 13.7. The zero-order valence-corrected chi connectivity index (χ0v) is 11.5. The van der Waals surface area contributed by atoms with E-state index in [1.807, 2.05) is 0 Å². The van der Waals surface area contributed by atoms with Gasteiger partial charge < -0.3 is 0 Å². The largest absolute Gasteiger partial charge is 0.293 e. The summed E-state index contributed by atoms with van der Waals surface area (Å²) in [5, 5.41) is 4.11. The molecule has 0 aliphatic rings. The van der Waals surface area contributed by atoms with E-state index in [0.717, 1.165) is 13.0 Å². The molecule has 0 aliphatic heterocycles. The second kappa shape index (κ2) is 6.52. The minimum atomic E-state index is -0.290. The van der Waals surface area contributed by atoms with Crippen LogP contribution in [0.5, 0.6) is 0 Å². The Balaban J connectivity index is 1.95. The molecule has 0 aliphatic carbocycles. The average molecular weight is 278 g/mol. The SMILES string of the molecule is CCCn1cc(C(=O)CSc2ccccc2F)cn1. The Morgan fingerprint density at radius 3 is 2.95 bits per heavy atom. The van der Waals surface area contributed by atoms with E-state index in [2.05, 4.69) is 12.0 Å². The van der Waals surface area contributed by atoms with Gasteiger partial charge in [0.1, 0.15) is 5.82 Å². The highest BCUT2D eigenvalue weighted by molar-refractivity contribution is 8.00. The molecular weight excluding hydrogens is 263 g/mol. The minimum absolute atomic E-state index is 0.0318. The number of thioether (sulfide) groups is 1. The van der Waals surface area contributed by atoms with Crippen molar-refractivity contribution in [1.82, 2.24) is 9.78 Å². The number of Topliss-reactive ketones (excluding diaryl/α,β-unsaturated/α-hetero) is 1. The number of hydrogen-bond donors (Lipinski definition) is 0. The normalized spacial score (nSPS) is 10.6. The first-order chi connectivity index (χ1) is 9.20. The van der Waals surface area contributed by atoms with Crippen LogP contribution < -0.4 is 0 Å². The fraction of sp³-hybridized carbons (Fsp3) is 0.286. The molecule has 0 spiro atoms. The number of benzene rings is 1. The Bertz CT molecular complexity index is 568. The molecule has 19 heavy (non-hydrogen) atoms. The van der Waals surface area contributed by atoms with Crippen molar-refractivity contribution in [1.29, 1.82) is 0 Å². The first-order valence-electron chi connectivity index (χ1n) is 6.13. The summed E-state index contributed by atoms with van der Waals surface area (Å²) < 4.78 is 15.1. The lowest BCUT2D eigenvalue weighted by Gasteiger charge is -2.01. The third-order valence-corrected chi connectivity index (χ3v) is 3.65. The van der Waals surface area contributed by atoms with Crippen LogP contribution in [0.2, 0.25) is 0 Å². The Kier molecular flexibility index (Phi) is 4.74. The van der Waals surface area contributed by atoms with Crippen LogP contribution in [0, 0.1) is 5.82 Å². The predicted molar refractivity (Wildman–Crippen MR) is 74.0 cm³/mol. The van der Waals surface area contributed by atoms with Crippen molar-refractivity contribution in [2.45, 2.75) is 24.8 Å². The van der Waals surface area contributed by atoms with Crippen molar-refractivity contribution >= 4 is 17.5 Å². The molecule has 1 aromatic carbocycles. The van der Waals surface area contributed by atoms with E-state index in [9.17, 15) is 9.18 Å². The molecular formula is C14H15FN2OS. The molecule has 0 saturated carbocycles. The predicted octanol–water partition coefficient (Wildman–Crippen LogP) is 3.41. The second-order valence-electron chi connectivity index (χ2n) is 4.13. The van der Waals surface area contributed by atoms with Gasteiger partial charge in [-0.2, -0.15) is 5.10 Å². The lowest BCUT2D eigenvalue weighted by Crippen LogP contribution is -2.02. The number of carbonyl (C=O) groups excluding carboxylic acids is 1. The van der Waals surface area contributed by atoms with Crippen LogP contribution in [-0.4, -0.2) is 21.3 Å². The van der Waals surface area contributed by atoms with E-state index >= 15 is 0 Å². The van der Waals surface area contributed by atoms with Crippen LogP contribution in [0.3, 0.4) is 0 Å².